The Kier molecular flexibility index (Phi) is 5.77. The van der Waals surface area contributed by atoms with Crippen molar-refractivity contribution in [2.45, 2.75) is 20.8 Å². The van der Waals surface area contributed by atoms with Gasteiger partial charge in [0.25, 0.3) is 0 Å². The zero-order valence-electron chi connectivity index (χ0n) is 15.7. The summed E-state index contributed by atoms with van der Waals surface area (Å²) in [6.07, 6.45) is 0. The van der Waals surface area contributed by atoms with E-state index in [0.717, 1.165) is 0 Å². The average Bonchev–Trinajstić information content (AvgIpc) is 2.63. The molecule has 0 unspecified atom stereocenters. The number of nitrogens with one attached hydrogen (secondary N) is 1. The highest BCUT2D eigenvalue weighted by Gasteiger charge is 2.35. The van der Waals surface area contributed by atoms with Crippen molar-refractivity contribution in [3.05, 3.63) is 61.5 Å². The van der Waals surface area contributed by atoms with Crippen molar-refractivity contribution in [1.82, 2.24) is 0 Å². The van der Waals surface area contributed by atoms with Gasteiger partial charge in [-0.05, 0) is 18.2 Å². The second-order valence-electron chi connectivity index (χ2n) is 7.46. The van der Waals surface area contributed by atoms with Crippen LogP contribution in [-0.2, 0) is 9.53 Å². The van der Waals surface area contributed by atoms with Gasteiger partial charge in [-0.3, -0.25) is 14.4 Å². The molecule has 2 aromatic rings. The van der Waals surface area contributed by atoms with Crippen LogP contribution in [0.1, 0.15) is 52.6 Å². The number of ketones is 2. The minimum Gasteiger partial charge on any atom is -0.465 e. The number of anilines is 1. The van der Waals surface area contributed by atoms with E-state index < -0.39 is 0 Å². The largest absolute Gasteiger partial charge is 0.465 e. The summed E-state index contributed by atoms with van der Waals surface area (Å²) in [4.78, 5) is 37.4. The Labute approximate surface area is 180 Å². The smallest absolute Gasteiger partial charge is 0.302 e. The van der Waals surface area contributed by atoms with Crippen molar-refractivity contribution < 1.29 is 19.1 Å². The van der Waals surface area contributed by atoms with Gasteiger partial charge in [0.15, 0.2) is 11.6 Å². The molecule has 3 rings (SSSR count). The number of carbonyl (C=O) groups is 3. The van der Waals surface area contributed by atoms with E-state index in [9.17, 15) is 14.4 Å². The molecular weight excluding hydrogens is 490 g/mol. The number of carbonyl (C=O) groups excluding carboxylic acids is 3. The van der Waals surface area contributed by atoms with Crippen LogP contribution < -0.4 is 5.32 Å². The molecular formula is C21H19Br2NO4. The molecule has 0 radical (unpaired) electrons. The molecule has 0 amide bonds. The molecule has 0 aromatic heterocycles. The number of hydrogen-bond acceptors (Lipinski definition) is 5. The normalized spacial score (nSPS) is 13.0. The van der Waals surface area contributed by atoms with Gasteiger partial charge in [-0.25, -0.2) is 0 Å². The van der Waals surface area contributed by atoms with Crippen molar-refractivity contribution >= 4 is 55.1 Å². The predicted octanol–water partition coefficient (Wildman–Crippen LogP) is 4.99. The first-order valence-electron chi connectivity index (χ1n) is 8.70. The third-order valence-electron chi connectivity index (χ3n) is 4.52. The highest BCUT2D eigenvalue weighted by Crippen LogP contribution is 2.39. The number of hydrogen-bond donors (Lipinski definition) is 1. The van der Waals surface area contributed by atoms with Crippen LogP contribution in [-0.4, -0.2) is 30.7 Å². The van der Waals surface area contributed by atoms with E-state index in [1.807, 2.05) is 13.8 Å². The predicted molar refractivity (Wildman–Crippen MR) is 114 cm³/mol. The standard InChI is InChI=1S/C21H19Br2NO4/c1-11(25)28-10-21(2,3)9-24-15-8-7-14(23)17-18(15)20(27)16-12(19(17)26)5-4-6-13(16)22/h4-8,24H,9-10H2,1-3H3. The summed E-state index contributed by atoms with van der Waals surface area (Å²) in [5.74, 6) is -0.740. The fourth-order valence-corrected chi connectivity index (χ4v) is 4.13. The summed E-state index contributed by atoms with van der Waals surface area (Å²) in [5, 5.41) is 3.26. The summed E-state index contributed by atoms with van der Waals surface area (Å²) in [6.45, 7) is 5.97. The molecule has 5 nitrogen and oxygen atoms in total. The van der Waals surface area contributed by atoms with Gasteiger partial charge in [0.2, 0.25) is 0 Å². The van der Waals surface area contributed by atoms with Gasteiger partial charge < -0.3 is 10.1 Å². The first kappa shape index (κ1) is 20.7. The first-order chi connectivity index (χ1) is 13.1. The summed E-state index contributed by atoms with van der Waals surface area (Å²) in [5.41, 5.74) is 1.70. The Morgan fingerprint density at radius 2 is 1.68 bits per heavy atom. The van der Waals surface area contributed by atoms with E-state index >= 15 is 0 Å². The summed E-state index contributed by atoms with van der Waals surface area (Å²) in [6, 6.07) is 8.69. The Balaban J connectivity index is 1.99. The Morgan fingerprint density at radius 3 is 2.36 bits per heavy atom. The zero-order valence-corrected chi connectivity index (χ0v) is 18.9. The van der Waals surface area contributed by atoms with E-state index in [4.69, 9.17) is 4.74 Å². The molecule has 0 bridgehead atoms. The fourth-order valence-electron chi connectivity index (χ4n) is 3.07. The van der Waals surface area contributed by atoms with Crippen LogP contribution in [0.15, 0.2) is 39.3 Å². The van der Waals surface area contributed by atoms with Crippen molar-refractivity contribution in [2.24, 2.45) is 5.41 Å². The van der Waals surface area contributed by atoms with Gasteiger partial charge in [0.05, 0.1) is 12.2 Å². The molecule has 0 atom stereocenters. The number of halogens is 2. The second kappa shape index (κ2) is 7.79. The Morgan fingerprint density at radius 1 is 1.00 bits per heavy atom. The van der Waals surface area contributed by atoms with Gasteiger partial charge in [0, 0.05) is 50.2 Å². The third kappa shape index (κ3) is 3.91. The van der Waals surface area contributed by atoms with Crippen LogP contribution in [0.25, 0.3) is 0 Å². The Bertz CT molecular complexity index is 998. The lowest BCUT2D eigenvalue weighted by atomic mass is 9.83. The molecule has 7 heteroatoms. The lowest BCUT2D eigenvalue weighted by Crippen LogP contribution is -2.30. The van der Waals surface area contributed by atoms with Gasteiger partial charge >= 0.3 is 5.97 Å². The quantitative estimate of drug-likeness (QED) is 0.491. The maximum absolute atomic E-state index is 13.3. The number of rotatable bonds is 5. The van der Waals surface area contributed by atoms with Gasteiger partial charge in [-0.15, -0.1) is 0 Å². The SMILES string of the molecule is CC(=O)OCC(C)(C)CNc1ccc(Br)c2c1C(=O)c1c(Br)cccc1C2=O. The van der Waals surface area contributed by atoms with Crippen molar-refractivity contribution in [2.75, 3.05) is 18.5 Å². The topological polar surface area (TPSA) is 72.5 Å². The monoisotopic (exact) mass is 507 g/mol. The number of ether oxygens (including phenoxy) is 1. The molecule has 2 aromatic carbocycles. The van der Waals surface area contributed by atoms with E-state index in [1.165, 1.54) is 6.92 Å². The maximum atomic E-state index is 13.3. The van der Waals surface area contributed by atoms with Crippen LogP contribution in [0.5, 0.6) is 0 Å². The molecule has 146 valence electrons. The second-order valence-corrected chi connectivity index (χ2v) is 9.17. The van der Waals surface area contributed by atoms with Crippen molar-refractivity contribution in [1.29, 1.82) is 0 Å². The molecule has 0 fully saturated rings. The van der Waals surface area contributed by atoms with Crippen LogP contribution in [0, 0.1) is 5.41 Å². The van der Waals surface area contributed by atoms with E-state index in [0.29, 0.717) is 43.4 Å². The van der Waals surface area contributed by atoms with E-state index in [1.54, 1.807) is 30.3 Å². The van der Waals surface area contributed by atoms with Crippen molar-refractivity contribution in [3.8, 4) is 0 Å². The fraction of sp³-hybridized carbons (Fsp3) is 0.286. The number of esters is 1. The molecule has 1 aliphatic carbocycles. The molecule has 0 aliphatic heterocycles. The molecule has 1 N–H and O–H groups in total. The van der Waals surface area contributed by atoms with Crippen LogP contribution in [0.2, 0.25) is 0 Å². The van der Waals surface area contributed by atoms with E-state index in [-0.39, 0.29) is 29.6 Å². The molecule has 0 heterocycles. The highest BCUT2D eigenvalue weighted by molar-refractivity contribution is 9.10. The summed E-state index contributed by atoms with van der Waals surface area (Å²) in [7, 11) is 0. The lowest BCUT2D eigenvalue weighted by molar-refractivity contribution is -0.143. The minimum absolute atomic E-state index is 0.194. The van der Waals surface area contributed by atoms with E-state index in [2.05, 4.69) is 37.2 Å². The Hall–Kier alpha value is -1.99. The number of fused-ring (bicyclic) bond motifs is 2. The van der Waals surface area contributed by atoms with Gasteiger partial charge in [-0.2, -0.15) is 0 Å². The number of benzene rings is 2. The minimum atomic E-state index is -0.355. The maximum Gasteiger partial charge on any atom is 0.302 e. The van der Waals surface area contributed by atoms with Crippen LogP contribution in [0.4, 0.5) is 5.69 Å². The summed E-state index contributed by atoms with van der Waals surface area (Å²) < 4.78 is 6.29. The molecule has 0 saturated heterocycles. The lowest BCUT2D eigenvalue weighted by Gasteiger charge is -2.27. The first-order valence-corrected chi connectivity index (χ1v) is 10.3. The molecule has 0 saturated carbocycles. The molecule has 28 heavy (non-hydrogen) atoms. The average molecular weight is 509 g/mol. The van der Waals surface area contributed by atoms with Gasteiger partial charge in [0.1, 0.15) is 0 Å². The highest BCUT2D eigenvalue weighted by atomic mass is 79.9. The molecule has 0 spiro atoms. The van der Waals surface area contributed by atoms with Crippen LogP contribution >= 0.6 is 31.9 Å². The summed E-state index contributed by atoms with van der Waals surface area (Å²) >= 11 is 6.81. The van der Waals surface area contributed by atoms with Crippen molar-refractivity contribution in [3.63, 3.8) is 0 Å². The molecule has 1 aliphatic rings. The zero-order chi connectivity index (χ0) is 20.6. The van der Waals surface area contributed by atoms with Crippen LogP contribution in [0.3, 0.4) is 0 Å². The third-order valence-corrected chi connectivity index (χ3v) is 5.84. The van der Waals surface area contributed by atoms with Gasteiger partial charge in [-0.1, -0.05) is 57.8 Å².